The van der Waals surface area contributed by atoms with E-state index in [0.717, 1.165) is 44.5 Å². The maximum atomic E-state index is 11.8. The minimum atomic E-state index is -0.559. The average Bonchev–Trinajstić information content (AvgIpc) is 3.25. The van der Waals surface area contributed by atoms with Gasteiger partial charge in [0.25, 0.3) is 5.91 Å². The van der Waals surface area contributed by atoms with Gasteiger partial charge in [-0.3, -0.25) is 4.79 Å². The van der Waals surface area contributed by atoms with Crippen molar-refractivity contribution in [3.8, 4) is 10.4 Å². The summed E-state index contributed by atoms with van der Waals surface area (Å²) in [6, 6.07) is 10.4. The standard InChI is InChI=1S/C17H16BrN5OS/c18-10-3-1-9(2-4-10)13-7-12-15(25-13)14(16(19)24)22-23-17(12)21-11-5-6-20-8-11/h1-4,7,11,20H,5-6,8H2,(H2,19,24)(H,21,23). The van der Waals surface area contributed by atoms with Gasteiger partial charge in [0.1, 0.15) is 0 Å². The lowest BCUT2D eigenvalue weighted by atomic mass is 10.1. The molecule has 0 saturated carbocycles. The molecule has 1 aromatic carbocycles. The maximum Gasteiger partial charge on any atom is 0.270 e. The Morgan fingerprint density at radius 1 is 1.32 bits per heavy atom. The van der Waals surface area contributed by atoms with Crippen molar-refractivity contribution in [2.24, 2.45) is 5.73 Å². The van der Waals surface area contributed by atoms with E-state index in [1.54, 1.807) is 0 Å². The molecule has 3 aromatic rings. The first-order valence-corrected chi connectivity index (χ1v) is 9.56. The van der Waals surface area contributed by atoms with Crippen LogP contribution in [0, 0.1) is 0 Å². The molecule has 128 valence electrons. The highest BCUT2D eigenvalue weighted by atomic mass is 79.9. The fourth-order valence-electron chi connectivity index (χ4n) is 2.94. The van der Waals surface area contributed by atoms with Crippen LogP contribution in [0.25, 0.3) is 20.5 Å². The highest BCUT2D eigenvalue weighted by Gasteiger charge is 2.21. The Kier molecular flexibility index (Phi) is 4.41. The van der Waals surface area contributed by atoms with Gasteiger partial charge in [-0.15, -0.1) is 21.5 Å². The molecule has 1 aliphatic heterocycles. The van der Waals surface area contributed by atoms with E-state index in [9.17, 15) is 4.79 Å². The molecule has 8 heteroatoms. The van der Waals surface area contributed by atoms with Crippen LogP contribution in [0.2, 0.25) is 0 Å². The van der Waals surface area contributed by atoms with Gasteiger partial charge in [-0.25, -0.2) is 0 Å². The number of nitrogens with one attached hydrogen (secondary N) is 2. The Morgan fingerprint density at radius 3 is 2.80 bits per heavy atom. The van der Waals surface area contributed by atoms with Crippen molar-refractivity contribution in [2.45, 2.75) is 12.5 Å². The Hall–Kier alpha value is -2.03. The van der Waals surface area contributed by atoms with Crippen LogP contribution in [-0.2, 0) is 0 Å². The van der Waals surface area contributed by atoms with Gasteiger partial charge >= 0.3 is 0 Å². The number of carbonyl (C=O) groups is 1. The van der Waals surface area contributed by atoms with Crippen LogP contribution < -0.4 is 16.4 Å². The van der Waals surface area contributed by atoms with Gasteiger partial charge < -0.3 is 16.4 Å². The largest absolute Gasteiger partial charge is 0.364 e. The van der Waals surface area contributed by atoms with Crippen LogP contribution in [0.1, 0.15) is 16.9 Å². The molecule has 0 radical (unpaired) electrons. The monoisotopic (exact) mass is 417 g/mol. The molecule has 1 saturated heterocycles. The minimum Gasteiger partial charge on any atom is -0.364 e. The SMILES string of the molecule is NC(=O)c1nnc(NC2CCNC2)c2cc(-c3ccc(Br)cc3)sc12. The van der Waals surface area contributed by atoms with Crippen molar-refractivity contribution in [1.82, 2.24) is 15.5 Å². The number of aromatic nitrogens is 2. The first-order chi connectivity index (χ1) is 12.1. The molecule has 1 unspecified atom stereocenters. The fraction of sp³-hybridized carbons (Fsp3) is 0.235. The molecule has 1 amide bonds. The zero-order valence-electron chi connectivity index (χ0n) is 13.3. The topological polar surface area (TPSA) is 92.9 Å². The summed E-state index contributed by atoms with van der Waals surface area (Å²) in [6.07, 6.45) is 1.03. The van der Waals surface area contributed by atoms with Crippen LogP contribution in [0.4, 0.5) is 5.82 Å². The Morgan fingerprint density at radius 2 is 2.12 bits per heavy atom. The van der Waals surface area contributed by atoms with Crippen LogP contribution in [0.3, 0.4) is 0 Å². The van der Waals surface area contributed by atoms with E-state index in [-0.39, 0.29) is 5.69 Å². The summed E-state index contributed by atoms with van der Waals surface area (Å²) in [7, 11) is 0. The number of nitrogens with zero attached hydrogens (tertiary/aromatic N) is 2. The number of halogens is 1. The molecular formula is C17H16BrN5OS. The number of benzene rings is 1. The van der Waals surface area contributed by atoms with Crippen LogP contribution in [0.5, 0.6) is 0 Å². The first-order valence-electron chi connectivity index (χ1n) is 7.95. The van der Waals surface area contributed by atoms with Crippen molar-refractivity contribution in [1.29, 1.82) is 0 Å². The zero-order chi connectivity index (χ0) is 17.4. The minimum absolute atomic E-state index is 0.221. The smallest absolute Gasteiger partial charge is 0.270 e. The highest BCUT2D eigenvalue weighted by molar-refractivity contribution is 9.10. The number of fused-ring (bicyclic) bond motifs is 1. The van der Waals surface area contributed by atoms with E-state index < -0.39 is 5.91 Å². The van der Waals surface area contributed by atoms with Crippen LogP contribution in [-0.4, -0.2) is 35.2 Å². The lowest BCUT2D eigenvalue weighted by Crippen LogP contribution is -2.23. The predicted octanol–water partition coefficient (Wildman–Crippen LogP) is 2.99. The summed E-state index contributed by atoms with van der Waals surface area (Å²) >= 11 is 4.96. The lowest BCUT2D eigenvalue weighted by Gasteiger charge is -2.12. The van der Waals surface area contributed by atoms with E-state index in [1.807, 2.05) is 24.3 Å². The van der Waals surface area contributed by atoms with Crippen molar-refractivity contribution < 1.29 is 4.79 Å². The number of thiophene rings is 1. The molecule has 4 N–H and O–H groups in total. The third kappa shape index (κ3) is 3.24. The molecular weight excluding hydrogens is 402 g/mol. The van der Waals surface area contributed by atoms with Gasteiger partial charge in [-0.05, 0) is 36.7 Å². The number of hydrogen-bond acceptors (Lipinski definition) is 6. The molecule has 25 heavy (non-hydrogen) atoms. The molecule has 0 aliphatic carbocycles. The van der Waals surface area contributed by atoms with E-state index >= 15 is 0 Å². The maximum absolute atomic E-state index is 11.8. The van der Waals surface area contributed by atoms with E-state index in [2.05, 4.69) is 42.8 Å². The molecule has 1 aliphatic rings. The van der Waals surface area contributed by atoms with Crippen LogP contribution >= 0.6 is 27.3 Å². The second kappa shape index (κ2) is 6.70. The van der Waals surface area contributed by atoms with E-state index in [0.29, 0.717) is 11.9 Å². The average molecular weight is 418 g/mol. The third-order valence-electron chi connectivity index (χ3n) is 4.22. The summed E-state index contributed by atoms with van der Waals surface area (Å²) in [5.74, 6) is 0.143. The fourth-order valence-corrected chi connectivity index (χ4v) is 4.36. The van der Waals surface area contributed by atoms with Gasteiger partial charge in [0.2, 0.25) is 0 Å². The highest BCUT2D eigenvalue weighted by Crippen LogP contribution is 2.38. The number of anilines is 1. The summed E-state index contributed by atoms with van der Waals surface area (Å²) in [5.41, 5.74) is 6.79. The summed E-state index contributed by atoms with van der Waals surface area (Å²) < 4.78 is 1.79. The molecule has 1 atom stereocenters. The number of primary amides is 1. The summed E-state index contributed by atoms with van der Waals surface area (Å²) in [4.78, 5) is 12.8. The quantitative estimate of drug-likeness (QED) is 0.606. The normalized spacial score (nSPS) is 17.1. The number of rotatable bonds is 4. The molecule has 2 aromatic heterocycles. The van der Waals surface area contributed by atoms with Crippen LogP contribution in [0.15, 0.2) is 34.8 Å². The molecule has 3 heterocycles. The number of hydrogen-bond donors (Lipinski definition) is 3. The van der Waals surface area contributed by atoms with Crippen molar-refractivity contribution in [3.05, 3.63) is 40.5 Å². The summed E-state index contributed by atoms with van der Waals surface area (Å²) in [6.45, 7) is 1.88. The second-order valence-corrected chi connectivity index (χ2v) is 7.92. The van der Waals surface area contributed by atoms with Crippen molar-refractivity contribution in [3.63, 3.8) is 0 Å². The van der Waals surface area contributed by atoms with Gasteiger partial charge in [-0.1, -0.05) is 28.1 Å². The molecule has 1 fully saturated rings. The van der Waals surface area contributed by atoms with E-state index in [1.165, 1.54) is 11.3 Å². The first kappa shape index (κ1) is 16.4. The number of amides is 1. The zero-order valence-corrected chi connectivity index (χ0v) is 15.7. The number of carbonyl (C=O) groups excluding carboxylic acids is 1. The number of nitrogens with two attached hydrogens (primary N) is 1. The van der Waals surface area contributed by atoms with Gasteiger partial charge in [0.15, 0.2) is 11.5 Å². The molecule has 4 rings (SSSR count). The summed E-state index contributed by atoms with van der Waals surface area (Å²) in [5, 5.41) is 15.9. The Bertz CT molecular complexity index is 934. The Labute approximate surface area is 157 Å². The third-order valence-corrected chi connectivity index (χ3v) is 5.94. The van der Waals surface area contributed by atoms with Gasteiger partial charge in [0, 0.05) is 27.3 Å². The molecule has 6 nitrogen and oxygen atoms in total. The Balaban J connectivity index is 1.82. The van der Waals surface area contributed by atoms with Gasteiger partial charge in [-0.2, -0.15) is 0 Å². The van der Waals surface area contributed by atoms with E-state index in [4.69, 9.17) is 5.73 Å². The lowest BCUT2D eigenvalue weighted by molar-refractivity contribution is 0.0996. The molecule has 0 spiro atoms. The van der Waals surface area contributed by atoms with Gasteiger partial charge in [0.05, 0.1) is 4.70 Å². The second-order valence-electron chi connectivity index (χ2n) is 5.96. The predicted molar refractivity (Wildman–Crippen MR) is 104 cm³/mol. The molecule has 0 bridgehead atoms. The van der Waals surface area contributed by atoms with Crippen molar-refractivity contribution >= 4 is 49.1 Å². The van der Waals surface area contributed by atoms with Crippen molar-refractivity contribution in [2.75, 3.05) is 18.4 Å².